The Morgan fingerprint density at radius 1 is 0.837 bits per heavy atom. The molecule has 1 aliphatic heterocycles. The van der Waals surface area contributed by atoms with Gasteiger partial charge in [0.1, 0.15) is 28.7 Å². The number of alkyl halides is 4. The Hall–Kier alpha value is -3.53. The van der Waals surface area contributed by atoms with Crippen LogP contribution >= 0.6 is 0 Å². The number of rotatable bonds is 13. The lowest BCUT2D eigenvalue weighted by atomic mass is 10.0. The topological polar surface area (TPSA) is 46.2 Å². The van der Waals surface area contributed by atoms with Gasteiger partial charge in [0.2, 0.25) is 5.75 Å². The third kappa shape index (κ3) is 9.48. The predicted molar refractivity (Wildman–Crippen MR) is 126 cm³/mol. The lowest BCUT2D eigenvalue weighted by Gasteiger charge is -2.30. The van der Waals surface area contributed by atoms with E-state index in [-0.39, 0.29) is 49.8 Å². The summed E-state index contributed by atoms with van der Waals surface area (Å²) < 4.78 is 175. The van der Waals surface area contributed by atoms with E-state index in [1.165, 1.54) is 0 Å². The molecule has 238 valence electrons. The van der Waals surface area contributed by atoms with Crippen LogP contribution in [0.25, 0.3) is 0 Å². The molecule has 0 amide bonds. The first-order valence-electron chi connectivity index (χ1n) is 12.5. The number of allylic oxidation sites excluding steroid dienone is 2. The summed E-state index contributed by atoms with van der Waals surface area (Å²) in [6.45, 7) is 2.41. The number of hydrogen-bond donors (Lipinski definition) is 0. The molecule has 2 aromatic rings. The summed E-state index contributed by atoms with van der Waals surface area (Å²) in [5, 5.41) is 0. The van der Waals surface area contributed by atoms with Gasteiger partial charge in [0.05, 0.1) is 19.6 Å². The van der Waals surface area contributed by atoms with Crippen LogP contribution in [-0.4, -0.2) is 25.6 Å². The van der Waals surface area contributed by atoms with Gasteiger partial charge < -0.3 is 23.7 Å². The summed E-state index contributed by atoms with van der Waals surface area (Å²) in [6, 6.07) is -2.83. The lowest BCUT2D eigenvalue weighted by molar-refractivity contribution is -0.229. The number of halogens is 11. The van der Waals surface area contributed by atoms with Crippen LogP contribution in [0.3, 0.4) is 0 Å². The van der Waals surface area contributed by atoms with Gasteiger partial charge in [-0.2, -0.15) is 30.7 Å². The highest BCUT2D eigenvalue weighted by Gasteiger charge is 2.43. The van der Waals surface area contributed by atoms with Gasteiger partial charge in [0.15, 0.2) is 17.9 Å². The second kappa shape index (κ2) is 14.3. The van der Waals surface area contributed by atoms with Crippen LogP contribution in [0.15, 0.2) is 48.5 Å². The predicted octanol–water partition coefficient (Wildman–Crippen LogP) is 8.88. The molecule has 0 N–H and O–H groups in total. The van der Waals surface area contributed by atoms with Gasteiger partial charge in [0, 0.05) is 36.6 Å². The van der Waals surface area contributed by atoms with E-state index < -0.39 is 83.1 Å². The molecule has 16 heteroatoms. The smallest absolute Gasteiger partial charge is 0.432 e. The molecule has 0 radical (unpaired) electrons. The number of hydrogen-bond acceptors (Lipinski definition) is 5. The summed E-state index contributed by atoms with van der Waals surface area (Å²) in [5.74, 6) is -12.6. The maximum Gasteiger partial charge on any atom is 0.432 e. The van der Waals surface area contributed by atoms with Crippen molar-refractivity contribution in [3.63, 3.8) is 0 Å². The first-order valence-corrected chi connectivity index (χ1v) is 12.5. The monoisotopic (exact) mass is 636 g/mol. The molecule has 0 spiro atoms. The minimum atomic E-state index is -5.01. The molecule has 0 atom stereocenters. The van der Waals surface area contributed by atoms with Crippen LogP contribution in [0.1, 0.15) is 38.2 Å². The van der Waals surface area contributed by atoms with Crippen molar-refractivity contribution < 1.29 is 72.0 Å². The Morgan fingerprint density at radius 2 is 1.37 bits per heavy atom. The minimum Gasteiger partial charge on any atom is -0.432 e. The quantitative estimate of drug-likeness (QED) is 0.125. The molecule has 0 aromatic heterocycles. The molecule has 0 aliphatic carbocycles. The van der Waals surface area contributed by atoms with Crippen LogP contribution < -0.4 is 14.2 Å². The van der Waals surface area contributed by atoms with E-state index in [9.17, 15) is 48.3 Å². The normalized spacial score (nSPS) is 17.7. The minimum absolute atomic E-state index is 0.00523. The van der Waals surface area contributed by atoms with Gasteiger partial charge >= 0.3 is 24.3 Å². The van der Waals surface area contributed by atoms with Gasteiger partial charge in [-0.25, -0.2) is 17.6 Å². The maximum atomic E-state index is 14.6. The van der Waals surface area contributed by atoms with Crippen LogP contribution in [-0.2, 0) is 15.6 Å². The van der Waals surface area contributed by atoms with Gasteiger partial charge in [-0.1, -0.05) is 12.2 Å². The Bertz CT molecular complexity index is 1270. The molecule has 2 aromatic carbocycles. The van der Waals surface area contributed by atoms with E-state index in [1.807, 2.05) is 19.1 Å². The Kier molecular flexibility index (Phi) is 11.3. The molecule has 0 bridgehead atoms. The molecule has 3 rings (SSSR count). The summed E-state index contributed by atoms with van der Waals surface area (Å²) >= 11 is 0. The first kappa shape index (κ1) is 34.0. The zero-order valence-electron chi connectivity index (χ0n) is 22.1. The maximum absolute atomic E-state index is 14.6. The zero-order chi connectivity index (χ0) is 31.9. The highest BCUT2D eigenvalue weighted by molar-refractivity contribution is 5.37. The van der Waals surface area contributed by atoms with Crippen molar-refractivity contribution in [1.82, 2.24) is 0 Å². The van der Waals surface area contributed by atoms with Crippen LogP contribution in [0.4, 0.5) is 48.3 Å². The standard InChI is InChI=1S/C27H23F11O5/c1-2-3-4-5-14-12-39-21(40-13-14)6-7-26(35,36)42-15-8-17(28)22(18(29)9-15)27(37,38)43-16-10-19(30)23(20(31)11-16)41-25(34)24(32)33/h2-3,8-11,14,21H,4-7,12-13H2,1H3/b3-2+. The number of benzene rings is 2. The van der Waals surface area contributed by atoms with Crippen LogP contribution in [0, 0.1) is 29.2 Å². The molecule has 5 nitrogen and oxygen atoms in total. The van der Waals surface area contributed by atoms with E-state index in [0.717, 1.165) is 12.8 Å². The average molecular weight is 636 g/mol. The van der Waals surface area contributed by atoms with Crippen molar-refractivity contribution in [2.45, 2.75) is 51.1 Å². The van der Waals surface area contributed by atoms with Crippen molar-refractivity contribution in [1.29, 1.82) is 0 Å². The fourth-order valence-electron chi connectivity index (χ4n) is 3.83. The van der Waals surface area contributed by atoms with Crippen LogP contribution in [0.2, 0.25) is 0 Å². The molecule has 0 unspecified atom stereocenters. The molecule has 43 heavy (non-hydrogen) atoms. The highest BCUT2D eigenvalue weighted by atomic mass is 19.3. The zero-order valence-corrected chi connectivity index (χ0v) is 22.1. The molecular formula is C27H23F11O5. The fourth-order valence-corrected chi connectivity index (χ4v) is 3.83. The van der Waals surface area contributed by atoms with Gasteiger partial charge in [-0.15, -0.1) is 0 Å². The van der Waals surface area contributed by atoms with Crippen molar-refractivity contribution >= 4 is 0 Å². The van der Waals surface area contributed by atoms with E-state index >= 15 is 0 Å². The molecule has 1 heterocycles. The largest absolute Gasteiger partial charge is 0.432 e. The van der Waals surface area contributed by atoms with Gasteiger partial charge in [-0.05, 0) is 19.8 Å². The third-order valence-electron chi connectivity index (χ3n) is 5.82. The molecule has 1 aliphatic rings. The lowest BCUT2D eigenvalue weighted by Crippen LogP contribution is -2.34. The average Bonchev–Trinajstić information content (AvgIpc) is 2.89. The van der Waals surface area contributed by atoms with Crippen molar-refractivity contribution in [3.8, 4) is 17.2 Å². The molecule has 0 saturated carbocycles. The van der Waals surface area contributed by atoms with Crippen molar-refractivity contribution in [2.24, 2.45) is 5.92 Å². The first-order chi connectivity index (χ1) is 20.1. The SMILES string of the molecule is C/C=C/CCC1COC(CCC(F)(F)Oc2cc(F)c(C(F)(F)Oc3cc(F)c(OC(F)=C(F)F)c(F)c3)c(F)c2)OC1. The van der Waals surface area contributed by atoms with Gasteiger partial charge in [-0.3, -0.25) is 0 Å². The summed E-state index contributed by atoms with van der Waals surface area (Å²) in [7, 11) is 0. The fraction of sp³-hybridized carbons (Fsp3) is 0.407. The van der Waals surface area contributed by atoms with E-state index in [1.54, 1.807) is 0 Å². The Labute approximate surface area is 237 Å². The second-order valence-electron chi connectivity index (χ2n) is 9.12. The Balaban J connectivity index is 1.65. The Morgan fingerprint density at radius 3 is 1.91 bits per heavy atom. The molecule has 1 fully saturated rings. The van der Waals surface area contributed by atoms with Crippen molar-refractivity contribution in [3.05, 3.63) is 77.3 Å². The molecule has 1 saturated heterocycles. The van der Waals surface area contributed by atoms with Crippen molar-refractivity contribution in [2.75, 3.05) is 13.2 Å². The summed E-state index contributed by atoms with van der Waals surface area (Å²) in [4.78, 5) is 0. The van der Waals surface area contributed by atoms with E-state index in [2.05, 4.69) is 14.2 Å². The molecular weight excluding hydrogens is 613 g/mol. The van der Waals surface area contributed by atoms with E-state index in [0.29, 0.717) is 0 Å². The van der Waals surface area contributed by atoms with Gasteiger partial charge in [0.25, 0.3) is 0 Å². The number of ether oxygens (including phenoxy) is 5. The summed E-state index contributed by atoms with van der Waals surface area (Å²) in [6.07, 6.45) is -9.11. The summed E-state index contributed by atoms with van der Waals surface area (Å²) in [5.41, 5.74) is -2.15. The third-order valence-corrected chi connectivity index (χ3v) is 5.82. The second-order valence-corrected chi connectivity index (χ2v) is 9.12. The van der Waals surface area contributed by atoms with Crippen LogP contribution in [0.5, 0.6) is 17.2 Å². The highest BCUT2D eigenvalue weighted by Crippen LogP contribution is 2.39. The van der Waals surface area contributed by atoms with E-state index in [4.69, 9.17) is 9.47 Å².